The van der Waals surface area contributed by atoms with Gasteiger partial charge in [0.15, 0.2) is 0 Å². The Kier molecular flexibility index (Phi) is 8.03. The molecule has 38 heavy (non-hydrogen) atoms. The average molecular weight is 556 g/mol. The average Bonchev–Trinajstić information content (AvgIpc) is 2.79. The van der Waals surface area contributed by atoms with Gasteiger partial charge in [0.2, 0.25) is 0 Å². The number of fused-ring (bicyclic) bond motifs is 1. The smallest absolute Gasteiger partial charge is 0.416 e. The fourth-order valence-corrected chi connectivity index (χ4v) is 4.57. The predicted molar refractivity (Wildman–Crippen MR) is 120 cm³/mol. The summed E-state index contributed by atoms with van der Waals surface area (Å²) in [6.45, 7) is 4.81. The van der Waals surface area contributed by atoms with E-state index in [2.05, 4.69) is 0 Å². The molecule has 2 aromatic carbocycles. The molecular weight excluding hydrogens is 531 g/mol. The van der Waals surface area contributed by atoms with Gasteiger partial charge in [0.1, 0.15) is 0 Å². The fourth-order valence-electron chi connectivity index (χ4n) is 4.57. The van der Waals surface area contributed by atoms with Gasteiger partial charge in [-0.3, -0.25) is 4.90 Å². The van der Waals surface area contributed by atoms with E-state index in [0.717, 1.165) is 23.1 Å². The van der Waals surface area contributed by atoms with Gasteiger partial charge in [0, 0.05) is 18.0 Å². The molecule has 13 heteroatoms. The lowest BCUT2D eigenvalue weighted by Gasteiger charge is -2.42. The number of alkyl halides is 9. The Bertz CT molecular complexity index is 1140. The molecule has 0 unspecified atom stereocenters. The van der Waals surface area contributed by atoms with E-state index in [4.69, 9.17) is 10.5 Å². The summed E-state index contributed by atoms with van der Waals surface area (Å²) in [7, 11) is 0. The summed E-state index contributed by atoms with van der Waals surface area (Å²) in [5.74, 6) is -1.15. The second-order valence-electron chi connectivity index (χ2n) is 9.34. The van der Waals surface area contributed by atoms with Crippen LogP contribution < -0.4 is 10.6 Å². The topological polar surface area (TPSA) is 55.6 Å². The molecule has 210 valence electrons. The summed E-state index contributed by atoms with van der Waals surface area (Å²) in [4.78, 5) is 14.0. The molecule has 0 saturated heterocycles. The summed E-state index contributed by atoms with van der Waals surface area (Å²) in [5, 5.41) is 0. The van der Waals surface area contributed by atoms with Gasteiger partial charge in [-0.05, 0) is 74.2 Å². The van der Waals surface area contributed by atoms with Gasteiger partial charge in [-0.2, -0.15) is 39.5 Å². The predicted octanol–water partition coefficient (Wildman–Crippen LogP) is 8.06. The standard InChI is InChI=1S/C25H25F9N2O2/c1-4-17-11-19(21(35)13-7-15(24(29,30)31)9-16(8-13)25(32,33)34)18-10-14(23(26,27)28)5-6-20(18)36(17)22(37)38-12(2)3/h5-10,12,17,19,21H,4,11,35H2,1-3H3/t17-,19-,21+/m1/s1. The maximum absolute atomic E-state index is 13.6. The summed E-state index contributed by atoms with van der Waals surface area (Å²) in [6, 6.07) is 1.12. The highest BCUT2D eigenvalue weighted by Gasteiger charge is 2.43. The van der Waals surface area contributed by atoms with Crippen LogP contribution in [0.1, 0.15) is 73.4 Å². The van der Waals surface area contributed by atoms with Crippen molar-refractivity contribution in [1.82, 2.24) is 0 Å². The first kappa shape index (κ1) is 29.6. The number of ether oxygens (including phenoxy) is 1. The van der Waals surface area contributed by atoms with Crippen LogP contribution in [0.15, 0.2) is 36.4 Å². The Morgan fingerprint density at radius 3 is 1.89 bits per heavy atom. The van der Waals surface area contributed by atoms with E-state index < -0.39 is 71.0 Å². The van der Waals surface area contributed by atoms with Crippen molar-refractivity contribution in [2.24, 2.45) is 5.73 Å². The first-order chi connectivity index (χ1) is 17.3. The van der Waals surface area contributed by atoms with Crippen molar-refractivity contribution >= 4 is 11.8 Å². The largest absolute Gasteiger partial charge is 0.446 e. The van der Waals surface area contributed by atoms with Crippen molar-refractivity contribution in [2.75, 3.05) is 4.90 Å². The lowest BCUT2D eigenvalue weighted by atomic mass is 9.77. The van der Waals surface area contributed by atoms with E-state index in [1.54, 1.807) is 20.8 Å². The Labute approximate surface area is 212 Å². The van der Waals surface area contributed by atoms with E-state index in [1.807, 2.05) is 0 Å². The number of carbonyl (C=O) groups is 1. The molecule has 2 aromatic rings. The van der Waals surface area contributed by atoms with Crippen molar-refractivity contribution in [3.63, 3.8) is 0 Å². The highest BCUT2D eigenvalue weighted by Crippen LogP contribution is 2.48. The van der Waals surface area contributed by atoms with Crippen LogP contribution >= 0.6 is 0 Å². The molecule has 3 atom stereocenters. The number of amides is 1. The molecule has 4 nitrogen and oxygen atoms in total. The summed E-state index contributed by atoms with van der Waals surface area (Å²) in [5.41, 5.74) is 1.25. The second kappa shape index (κ2) is 10.3. The maximum atomic E-state index is 13.6. The lowest BCUT2D eigenvalue weighted by molar-refractivity contribution is -0.143. The highest BCUT2D eigenvalue weighted by atomic mass is 19.4. The molecule has 1 amide bonds. The van der Waals surface area contributed by atoms with Crippen LogP contribution in [0.5, 0.6) is 0 Å². The van der Waals surface area contributed by atoms with Gasteiger partial charge in [0.05, 0.1) is 28.5 Å². The van der Waals surface area contributed by atoms with E-state index in [0.29, 0.717) is 12.1 Å². The molecule has 0 fully saturated rings. The first-order valence-corrected chi connectivity index (χ1v) is 11.6. The molecule has 0 saturated carbocycles. The van der Waals surface area contributed by atoms with Crippen molar-refractivity contribution in [1.29, 1.82) is 0 Å². The van der Waals surface area contributed by atoms with Crippen molar-refractivity contribution in [3.8, 4) is 0 Å². The molecule has 3 rings (SSSR count). The van der Waals surface area contributed by atoms with Crippen LogP contribution in [0.2, 0.25) is 0 Å². The summed E-state index contributed by atoms with van der Waals surface area (Å²) >= 11 is 0. The van der Waals surface area contributed by atoms with Gasteiger partial charge < -0.3 is 10.5 Å². The van der Waals surface area contributed by atoms with Crippen LogP contribution in [-0.4, -0.2) is 18.2 Å². The molecule has 0 radical (unpaired) electrons. The normalized spacial score (nSPS) is 19.4. The van der Waals surface area contributed by atoms with E-state index in [9.17, 15) is 44.3 Å². The number of hydrogen-bond donors (Lipinski definition) is 1. The Morgan fingerprint density at radius 2 is 1.45 bits per heavy atom. The Balaban J connectivity index is 2.22. The monoisotopic (exact) mass is 556 g/mol. The third kappa shape index (κ3) is 6.19. The van der Waals surface area contributed by atoms with Gasteiger partial charge in [-0.15, -0.1) is 0 Å². The molecule has 1 aliphatic rings. The number of rotatable bonds is 4. The zero-order valence-electron chi connectivity index (χ0n) is 20.4. The quantitative estimate of drug-likeness (QED) is 0.388. The van der Waals surface area contributed by atoms with Crippen molar-refractivity contribution in [3.05, 3.63) is 64.2 Å². The molecular formula is C25H25F9N2O2. The maximum Gasteiger partial charge on any atom is 0.416 e. The van der Waals surface area contributed by atoms with Gasteiger partial charge >= 0.3 is 24.6 Å². The number of hydrogen-bond acceptors (Lipinski definition) is 3. The third-order valence-electron chi connectivity index (χ3n) is 6.34. The number of carbonyl (C=O) groups excluding carboxylic acids is 1. The second-order valence-corrected chi connectivity index (χ2v) is 9.34. The molecule has 1 heterocycles. The fraction of sp³-hybridized carbons (Fsp3) is 0.480. The third-order valence-corrected chi connectivity index (χ3v) is 6.34. The van der Waals surface area contributed by atoms with Gasteiger partial charge in [0.25, 0.3) is 0 Å². The minimum atomic E-state index is -5.13. The number of nitrogens with zero attached hydrogens (tertiary/aromatic N) is 1. The van der Waals surface area contributed by atoms with Gasteiger partial charge in [-0.25, -0.2) is 4.79 Å². The zero-order chi connectivity index (χ0) is 28.8. The molecule has 0 spiro atoms. The van der Waals surface area contributed by atoms with Crippen LogP contribution in [0, 0.1) is 0 Å². The van der Waals surface area contributed by atoms with Crippen molar-refractivity contribution in [2.45, 2.75) is 76.2 Å². The summed E-state index contributed by atoms with van der Waals surface area (Å²) < 4.78 is 127. The van der Waals surface area contributed by atoms with E-state index in [-0.39, 0.29) is 30.2 Å². The highest BCUT2D eigenvalue weighted by molar-refractivity contribution is 5.90. The van der Waals surface area contributed by atoms with Crippen LogP contribution in [0.4, 0.5) is 50.0 Å². The SMILES string of the molecule is CC[C@@H]1C[C@@H]([C@@H](N)c2cc(C(F)(F)F)cc(C(F)(F)F)c2)c2cc(C(F)(F)F)ccc2N1C(=O)OC(C)C. The van der Waals surface area contributed by atoms with E-state index in [1.165, 1.54) is 0 Å². The number of benzene rings is 2. The molecule has 0 aliphatic carbocycles. The first-order valence-electron chi connectivity index (χ1n) is 11.6. The zero-order valence-corrected chi connectivity index (χ0v) is 20.4. The van der Waals surface area contributed by atoms with Gasteiger partial charge in [-0.1, -0.05) is 6.92 Å². The minimum absolute atomic E-state index is 0.00905. The molecule has 1 aliphatic heterocycles. The molecule has 0 bridgehead atoms. The lowest BCUT2D eigenvalue weighted by Crippen LogP contribution is -2.47. The Hall–Kier alpha value is -2.96. The number of halogens is 9. The summed E-state index contributed by atoms with van der Waals surface area (Å²) in [6.07, 6.45) is -16.4. The van der Waals surface area contributed by atoms with Crippen molar-refractivity contribution < 1.29 is 49.0 Å². The molecule has 0 aromatic heterocycles. The van der Waals surface area contributed by atoms with E-state index >= 15 is 0 Å². The van der Waals surface area contributed by atoms with Crippen LogP contribution in [0.25, 0.3) is 0 Å². The van der Waals surface area contributed by atoms with Crippen LogP contribution in [0.3, 0.4) is 0 Å². The number of nitrogens with two attached hydrogens (primary N) is 1. The van der Waals surface area contributed by atoms with Crippen LogP contribution in [-0.2, 0) is 23.3 Å². The minimum Gasteiger partial charge on any atom is -0.446 e. The molecule has 2 N–H and O–H groups in total. The Morgan fingerprint density at radius 1 is 0.921 bits per heavy atom. The number of anilines is 1.